The van der Waals surface area contributed by atoms with Crippen molar-refractivity contribution in [1.29, 1.82) is 0 Å². The van der Waals surface area contributed by atoms with Gasteiger partial charge in [0.1, 0.15) is 5.75 Å². The zero-order valence-corrected chi connectivity index (χ0v) is 13.3. The van der Waals surface area contributed by atoms with Crippen molar-refractivity contribution in [2.45, 2.75) is 38.8 Å². The molecule has 4 heteroatoms. The highest BCUT2D eigenvalue weighted by atomic mass is 79.9. The first-order chi connectivity index (χ1) is 8.38. The number of benzene rings is 1. The van der Waals surface area contributed by atoms with Gasteiger partial charge in [0, 0.05) is 18.8 Å². The fourth-order valence-corrected chi connectivity index (χ4v) is 2.45. The number of nitrogens with one attached hydrogen (secondary N) is 1. The van der Waals surface area contributed by atoms with E-state index in [9.17, 15) is 0 Å². The number of rotatable bonds is 6. The Kier molecular flexibility index (Phi) is 5.47. The predicted octanol–water partition coefficient (Wildman–Crippen LogP) is 4.07. The highest BCUT2D eigenvalue weighted by Gasteiger charge is 2.20. The molecule has 0 aromatic heterocycles. The van der Waals surface area contributed by atoms with Crippen molar-refractivity contribution in [2.24, 2.45) is 0 Å². The van der Waals surface area contributed by atoms with E-state index in [4.69, 9.17) is 9.47 Å². The molecule has 0 radical (unpaired) electrons. The lowest BCUT2D eigenvalue weighted by Gasteiger charge is -2.27. The number of methoxy groups -OCH3 is 2. The summed E-state index contributed by atoms with van der Waals surface area (Å²) in [5.74, 6) is 0.838. The number of anilines is 1. The molecule has 0 aliphatic rings. The smallest absolute Gasteiger partial charge is 0.133 e. The summed E-state index contributed by atoms with van der Waals surface area (Å²) < 4.78 is 11.6. The number of hydrogen-bond acceptors (Lipinski definition) is 3. The molecule has 0 saturated carbocycles. The van der Waals surface area contributed by atoms with E-state index in [0.29, 0.717) is 6.04 Å². The molecule has 3 nitrogen and oxygen atoms in total. The van der Waals surface area contributed by atoms with Crippen LogP contribution in [0.15, 0.2) is 22.7 Å². The van der Waals surface area contributed by atoms with E-state index >= 15 is 0 Å². The quantitative estimate of drug-likeness (QED) is 0.858. The fourth-order valence-electron chi connectivity index (χ4n) is 1.91. The lowest BCUT2D eigenvalue weighted by atomic mass is 10.00. The van der Waals surface area contributed by atoms with E-state index in [1.165, 1.54) is 0 Å². The molecule has 102 valence electrons. The van der Waals surface area contributed by atoms with Gasteiger partial charge in [-0.05, 0) is 61.3 Å². The second-order valence-corrected chi connectivity index (χ2v) is 5.92. The largest absolute Gasteiger partial charge is 0.496 e. The van der Waals surface area contributed by atoms with Crippen LogP contribution in [0.5, 0.6) is 5.75 Å². The van der Waals surface area contributed by atoms with Crippen LogP contribution in [0.3, 0.4) is 0 Å². The molecule has 0 fully saturated rings. The normalized spacial score (nSPS) is 13.2. The van der Waals surface area contributed by atoms with E-state index in [1.807, 2.05) is 18.2 Å². The van der Waals surface area contributed by atoms with Crippen LogP contribution < -0.4 is 10.1 Å². The molecule has 1 unspecified atom stereocenters. The van der Waals surface area contributed by atoms with E-state index in [1.54, 1.807) is 14.2 Å². The summed E-state index contributed by atoms with van der Waals surface area (Å²) in [5, 5.41) is 3.46. The van der Waals surface area contributed by atoms with Crippen LogP contribution in [-0.2, 0) is 4.74 Å². The standard InChI is InChI=1S/C14H22BrNO2/c1-10(9-14(2,3)18-5)16-11-6-7-13(17-4)12(15)8-11/h6-8,10,16H,9H2,1-5H3. The van der Waals surface area contributed by atoms with Crippen LogP contribution in [0.4, 0.5) is 5.69 Å². The zero-order chi connectivity index (χ0) is 13.8. The van der Waals surface area contributed by atoms with E-state index in [2.05, 4.69) is 42.0 Å². The summed E-state index contributed by atoms with van der Waals surface area (Å²) in [6.45, 7) is 6.34. The van der Waals surface area contributed by atoms with Crippen LogP contribution in [0.1, 0.15) is 27.2 Å². The molecular formula is C14H22BrNO2. The summed E-state index contributed by atoms with van der Waals surface area (Å²) in [6, 6.07) is 6.32. The lowest BCUT2D eigenvalue weighted by molar-refractivity contribution is 0.0128. The van der Waals surface area contributed by atoms with Gasteiger partial charge < -0.3 is 14.8 Å². The average Bonchev–Trinajstić information content (AvgIpc) is 2.28. The van der Waals surface area contributed by atoms with Crippen molar-refractivity contribution >= 4 is 21.6 Å². The molecule has 0 bridgehead atoms. The maximum Gasteiger partial charge on any atom is 0.133 e. The van der Waals surface area contributed by atoms with Crippen LogP contribution >= 0.6 is 15.9 Å². The molecule has 0 saturated heterocycles. The minimum Gasteiger partial charge on any atom is -0.496 e. The maximum absolute atomic E-state index is 5.44. The SMILES string of the molecule is COc1ccc(NC(C)CC(C)(C)OC)cc1Br. The van der Waals surface area contributed by atoms with Crippen molar-refractivity contribution in [1.82, 2.24) is 0 Å². The van der Waals surface area contributed by atoms with Crippen LogP contribution in [0.2, 0.25) is 0 Å². The Balaban J connectivity index is 2.65. The number of halogens is 1. The Hall–Kier alpha value is -0.740. The summed E-state index contributed by atoms with van der Waals surface area (Å²) in [7, 11) is 3.41. The van der Waals surface area contributed by atoms with Gasteiger partial charge in [0.15, 0.2) is 0 Å². The Morgan fingerprint density at radius 1 is 1.33 bits per heavy atom. The van der Waals surface area contributed by atoms with Gasteiger partial charge in [0.05, 0.1) is 17.2 Å². The minimum absolute atomic E-state index is 0.115. The van der Waals surface area contributed by atoms with Crippen LogP contribution in [0, 0.1) is 0 Å². The van der Waals surface area contributed by atoms with Gasteiger partial charge in [-0.2, -0.15) is 0 Å². The molecule has 0 heterocycles. The molecular weight excluding hydrogens is 294 g/mol. The highest BCUT2D eigenvalue weighted by Crippen LogP contribution is 2.28. The monoisotopic (exact) mass is 315 g/mol. The molecule has 18 heavy (non-hydrogen) atoms. The first-order valence-corrected chi connectivity index (χ1v) is 6.82. The molecule has 1 aromatic rings. The third kappa shape index (κ3) is 4.50. The molecule has 1 atom stereocenters. The average molecular weight is 316 g/mol. The van der Waals surface area contributed by atoms with Crippen LogP contribution in [-0.4, -0.2) is 25.9 Å². The molecule has 0 aliphatic carbocycles. The third-order valence-corrected chi connectivity index (χ3v) is 3.53. The topological polar surface area (TPSA) is 30.5 Å². The van der Waals surface area contributed by atoms with Crippen molar-refractivity contribution in [3.8, 4) is 5.75 Å². The molecule has 0 aliphatic heterocycles. The zero-order valence-electron chi connectivity index (χ0n) is 11.7. The summed E-state index contributed by atoms with van der Waals surface area (Å²) in [6.07, 6.45) is 0.938. The Bertz CT molecular complexity index is 393. The molecule has 1 rings (SSSR count). The van der Waals surface area contributed by atoms with Gasteiger partial charge in [0.25, 0.3) is 0 Å². The Morgan fingerprint density at radius 2 is 2.00 bits per heavy atom. The number of hydrogen-bond donors (Lipinski definition) is 1. The van der Waals surface area contributed by atoms with Gasteiger partial charge in [-0.1, -0.05) is 0 Å². The van der Waals surface area contributed by atoms with Gasteiger partial charge in [-0.15, -0.1) is 0 Å². The summed E-state index contributed by atoms with van der Waals surface area (Å²) in [5.41, 5.74) is 0.956. The summed E-state index contributed by atoms with van der Waals surface area (Å²) >= 11 is 3.48. The summed E-state index contributed by atoms with van der Waals surface area (Å²) in [4.78, 5) is 0. The predicted molar refractivity (Wildman–Crippen MR) is 79.5 cm³/mol. The van der Waals surface area contributed by atoms with Crippen molar-refractivity contribution in [3.05, 3.63) is 22.7 Å². The van der Waals surface area contributed by atoms with E-state index in [-0.39, 0.29) is 5.60 Å². The van der Waals surface area contributed by atoms with E-state index in [0.717, 1.165) is 22.3 Å². The van der Waals surface area contributed by atoms with Crippen molar-refractivity contribution < 1.29 is 9.47 Å². The minimum atomic E-state index is -0.115. The number of ether oxygens (including phenoxy) is 2. The lowest BCUT2D eigenvalue weighted by Crippen LogP contribution is -2.31. The highest BCUT2D eigenvalue weighted by molar-refractivity contribution is 9.10. The maximum atomic E-state index is 5.44. The van der Waals surface area contributed by atoms with Gasteiger partial charge in [-0.3, -0.25) is 0 Å². The van der Waals surface area contributed by atoms with Gasteiger partial charge in [-0.25, -0.2) is 0 Å². The second kappa shape index (κ2) is 6.43. The molecule has 1 N–H and O–H groups in total. The Morgan fingerprint density at radius 3 is 2.50 bits per heavy atom. The van der Waals surface area contributed by atoms with Crippen LogP contribution in [0.25, 0.3) is 0 Å². The Labute approximate surface area is 118 Å². The third-order valence-electron chi connectivity index (χ3n) is 2.92. The fraction of sp³-hybridized carbons (Fsp3) is 0.571. The first kappa shape index (κ1) is 15.3. The van der Waals surface area contributed by atoms with Crippen molar-refractivity contribution in [2.75, 3.05) is 19.5 Å². The van der Waals surface area contributed by atoms with E-state index < -0.39 is 0 Å². The molecule has 0 spiro atoms. The van der Waals surface area contributed by atoms with Gasteiger partial charge >= 0.3 is 0 Å². The second-order valence-electron chi connectivity index (χ2n) is 5.06. The molecule has 1 aromatic carbocycles. The first-order valence-electron chi connectivity index (χ1n) is 6.03. The van der Waals surface area contributed by atoms with Gasteiger partial charge in [0.2, 0.25) is 0 Å². The molecule has 0 amide bonds. The van der Waals surface area contributed by atoms with Crippen molar-refractivity contribution in [3.63, 3.8) is 0 Å².